The lowest BCUT2D eigenvalue weighted by molar-refractivity contribution is -0.142. The fourth-order valence-electron chi connectivity index (χ4n) is 5.06. The van der Waals surface area contributed by atoms with E-state index >= 15 is 0 Å². The number of nitrogens with one attached hydrogen (secondary N) is 2. The summed E-state index contributed by atoms with van der Waals surface area (Å²) in [6.45, 7) is 7.06. The van der Waals surface area contributed by atoms with Gasteiger partial charge in [-0.1, -0.05) is 54.9 Å². The van der Waals surface area contributed by atoms with Crippen LogP contribution in [-0.2, 0) is 29.1 Å². The van der Waals surface area contributed by atoms with Crippen LogP contribution in [0.15, 0.2) is 66.7 Å². The zero-order valence-corrected chi connectivity index (χ0v) is 25.4. The molecule has 1 aliphatic rings. The second-order valence-corrected chi connectivity index (χ2v) is 11.2. The topological polar surface area (TPSA) is 79.9 Å². The van der Waals surface area contributed by atoms with Gasteiger partial charge in [-0.05, 0) is 98.2 Å². The molecule has 0 radical (unpaired) electrons. The van der Waals surface area contributed by atoms with E-state index in [0.717, 1.165) is 59.7 Å². The minimum absolute atomic E-state index is 0.104. The molecule has 3 aromatic rings. The molecule has 42 heavy (non-hydrogen) atoms. The van der Waals surface area contributed by atoms with Crippen LogP contribution in [0.3, 0.4) is 0 Å². The van der Waals surface area contributed by atoms with E-state index in [1.807, 2.05) is 73.7 Å². The number of hydrogen-bond donors (Lipinski definition) is 2. The summed E-state index contributed by atoms with van der Waals surface area (Å²) in [6.07, 6.45) is 4.25. The Labute approximate surface area is 254 Å². The molecule has 1 atom stereocenters. The molecular formula is C34H42ClN3O4. The van der Waals surface area contributed by atoms with Crippen molar-refractivity contribution in [2.45, 2.75) is 65.1 Å². The van der Waals surface area contributed by atoms with Crippen LogP contribution in [0, 0.1) is 6.92 Å². The first-order valence-electron chi connectivity index (χ1n) is 14.9. The van der Waals surface area contributed by atoms with Crippen LogP contribution in [-0.4, -0.2) is 49.1 Å². The molecule has 1 fully saturated rings. The maximum atomic E-state index is 13.6. The molecule has 1 unspecified atom stereocenters. The molecule has 2 N–H and O–H groups in total. The number of hydrogen-bond acceptors (Lipinski definition) is 5. The highest BCUT2D eigenvalue weighted by Crippen LogP contribution is 2.23. The summed E-state index contributed by atoms with van der Waals surface area (Å²) in [5.41, 5.74) is 4.25. The molecular weight excluding hydrogens is 550 g/mol. The van der Waals surface area contributed by atoms with Crippen LogP contribution in [0.1, 0.15) is 54.9 Å². The molecule has 1 aliphatic heterocycles. The lowest BCUT2D eigenvalue weighted by Gasteiger charge is -2.30. The van der Waals surface area contributed by atoms with Crippen molar-refractivity contribution >= 4 is 23.4 Å². The highest BCUT2D eigenvalue weighted by molar-refractivity contribution is 6.30. The first-order chi connectivity index (χ1) is 20.4. The number of carbonyl (C=O) groups excluding carboxylic acids is 2. The Morgan fingerprint density at radius 1 is 1.02 bits per heavy atom. The van der Waals surface area contributed by atoms with Crippen molar-refractivity contribution < 1.29 is 19.1 Å². The van der Waals surface area contributed by atoms with Crippen LogP contribution in [0.4, 0.5) is 0 Å². The van der Waals surface area contributed by atoms with Gasteiger partial charge in [0.15, 0.2) is 6.61 Å². The molecule has 1 saturated heterocycles. The summed E-state index contributed by atoms with van der Waals surface area (Å²) < 4.78 is 11.8. The molecule has 4 rings (SSSR count). The summed E-state index contributed by atoms with van der Waals surface area (Å²) >= 11 is 5.97. The van der Waals surface area contributed by atoms with Gasteiger partial charge in [0.25, 0.3) is 5.91 Å². The second kappa shape index (κ2) is 16.2. The third kappa shape index (κ3) is 9.50. The van der Waals surface area contributed by atoms with Crippen molar-refractivity contribution in [2.75, 3.05) is 26.3 Å². The predicted octanol–water partition coefficient (Wildman–Crippen LogP) is 5.85. The number of benzene rings is 3. The molecule has 8 heteroatoms. The Morgan fingerprint density at radius 2 is 1.83 bits per heavy atom. The van der Waals surface area contributed by atoms with Gasteiger partial charge in [-0.3, -0.25) is 9.59 Å². The van der Waals surface area contributed by atoms with Crippen molar-refractivity contribution in [1.82, 2.24) is 15.5 Å². The summed E-state index contributed by atoms with van der Waals surface area (Å²) in [4.78, 5) is 28.2. The van der Waals surface area contributed by atoms with Crippen LogP contribution in [0.5, 0.6) is 11.5 Å². The number of rotatable bonds is 14. The van der Waals surface area contributed by atoms with Gasteiger partial charge in [0.2, 0.25) is 5.91 Å². The van der Waals surface area contributed by atoms with Crippen LogP contribution in [0.2, 0.25) is 5.02 Å². The van der Waals surface area contributed by atoms with Gasteiger partial charge in [0.05, 0.1) is 6.61 Å². The van der Waals surface area contributed by atoms with E-state index in [2.05, 4.69) is 17.6 Å². The number of carbonyl (C=O) groups is 2. The molecule has 0 bridgehead atoms. The second-order valence-electron chi connectivity index (χ2n) is 10.8. The average Bonchev–Trinajstić information content (AvgIpc) is 3.21. The van der Waals surface area contributed by atoms with Gasteiger partial charge in [0.1, 0.15) is 17.5 Å². The number of nitrogens with zero attached hydrogens (tertiary/aromatic N) is 1. The van der Waals surface area contributed by atoms with E-state index in [9.17, 15) is 9.59 Å². The zero-order chi connectivity index (χ0) is 29.7. The van der Waals surface area contributed by atoms with Gasteiger partial charge in [0, 0.05) is 24.7 Å². The SMILES string of the molecule is CCCOc1ccc(CN(C(=O)COc2cccc(CNCCc3ccc(Cl)cc3)c2)C2CCCCNC2=O)cc1C. The molecule has 1 heterocycles. The van der Waals surface area contributed by atoms with E-state index in [-0.39, 0.29) is 18.4 Å². The highest BCUT2D eigenvalue weighted by Gasteiger charge is 2.31. The Balaban J connectivity index is 1.37. The molecule has 0 aromatic heterocycles. The van der Waals surface area contributed by atoms with Crippen molar-refractivity contribution in [3.8, 4) is 11.5 Å². The molecule has 0 aliphatic carbocycles. The summed E-state index contributed by atoms with van der Waals surface area (Å²) in [5.74, 6) is 1.15. The van der Waals surface area contributed by atoms with Gasteiger partial charge in [-0.2, -0.15) is 0 Å². The normalized spacial score (nSPS) is 15.0. The summed E-state index contributed by atoms with van der Waals surface area (Å²) in [5, 5.41) is 7.17. The third-order valence-electron chi connectivity index (χ3n) is 7.35. The maximum absolute atomic E-state index is 13.6. The number of ether oxygens (including phenoxy) is 2. The molecule has 0 spiro atoms. The van der Waals surface area contributed by atoms with Gasteiger partial charge < -0.3 is 25.0 Å². The van der Waals surface area contributed by atoms with E-state index < -0.39 is 6.04 Å². The Morgan fingerprint density at radius 3 is 2.62 bits per heavy atom. The quantitative estimate of drug-likeness (QED) is 0.230. The third-order valence-corrected chi connectivity index (χ3v) is 7.60. The number of halogens is 1. The van der Waals surface area contributed by atoms with Crippen molar-refractivity contribution in [3.05, 3.63) is 94.0 Å². The van der Waals surface area contributed by atoms with E-state index in [1.54, 1.807) is 4.90 Å². The van der Waals surface area contributed by atoms with E-state index in [0.29, 0.717) is 38.4 Å². The van der Waals surface area contributed by atoms with Gasteiger partial charge in [-0.25, -0.2) is 0 Å². The number of aryl methyl sites for hydroxylation is 1. The number of amides is 2. The minimum atomic E-state index is -0.531. The highest BCUT2D eigenvalue weighted by atomic mass is 35.5. The summed E-state index contributed by atoms with van der Waals surface area (Å²) in [6, 6.07) is 21.1. The van der Waals surface area contributed by atoms with Gasteiger partial charge in [-0.15, -0.1) is 0 Å². The Kier molecular flexibility index (Phi) is 12.1. The van der Waals surface area contributed by atoms with Crippen molar-refractivity contribution in [2.24, 2.45) is 0 Å². The fraction of sp³-hybridized carbons (Fsp3) is 0.412. The van der Waals surface area contributed by atoms with Crippen molar-refractivity contribution in [3.63, 3.8) is 0 Å². The molecule has 3 aromatic carbocycles. The van der Waals surface area contributed by atoms with Crippen molar-refractivity contribution in [1.29, 1.82) is 0 Å². The molecule has 2 amide bonds. The van der Waals surface area contributed by atoms with E-state index in [1.165, 1.54) is 5.56 Å². The van der Waals surface area contributed by atoms with Crippen LogP contribution in [0.25, 0.3) is 0 Å². The molecule has 224 valence electrons. The zero-order valence-electron chi connectivity index (χ0n) is 24.7. The summed E-state index contributed by atoms with van der Waals surface area (Å²) in [7, 11) is 0. The lowest BCUT2D eigenvalue weighted by atomic mass is 10.1. The Hall–Kier alpha value is -3.55. The fourth-order valence-corrected chi connectivity index (χ4v) is 5.19. The average molecular weight is 592 g/mol. The first kappa shape index (κ1) is 31.4. The smallest absolute Gasteiger partial charge is 0.261 e. The standard InChI is InChI=1S/C34H42ClN3O4/c1-3-19-41-32-15-12-28(20-25(32)2)23-38(31-9-4-5-17-37-34(31)40)33(39)24-42-30-8-6-7-27(21-30)22-36-18-16-26-10-13-29(35)14-11-26/h6-8,10-15,20-21,31,36H,3-5,9,16-19,22-24H2,1-2H3,(H,37,40). The van der Waals surface area contributed by atoms with Gasteiger partial charge >= 0.3 is 0 Å². The molecule has 0 saturated carbocycles. The Bertz CT molecular complexity index is 1310. The maximum Gasteiger partial charge on any atom is 0.261 e. The van der Waals surface area contributed by atoms with Crippen LogP contribution >= 0.6 is 11.6 Å². The largest absolute Gasteiger partial charge is 0.493 e. The first-order valence-corrected chi connectivity index (χ1v) is 15.3. The molecule has 7 nitrogen and oxygen atoms in total. The monoisotopic (exact) mass is 591 g/mol. The lowest BCUT2D eigenvalue weighted by Crippen LogP contribution is -2.49. The van der Waals surface area contributed by atoms with Crippen LogP contribution < -0.4 is 20.1 Å². The predicted molar refractivity (Wildman–Crippen MR) is 167 cm³/mol. The van der Waals surface area contributed by atoms with E-state index in [4.69, 9.17) is 21.1 Å². The minimum Gasteiger partial charge on any atom is -0.493 e.